The van der Waals surface area contributed by atoms with Crippen molar-refractivity contribution in [3.05, 3.63) is 77.3 Å². The molecule has 0 saturated heterocycles. The summed E-state index contributed by atoms with van der Waals surface area (Å²) in [6.45, 7) is 0. The average molecular weight is 346 g/mol. The van der Waals surface area contributed by atoms with Gasteiger partial charge in [-0.15, -0.1) is 0 Å². The van der Waals surface area contributed by atoms with Gasteiger partial charge in [0.05, 0.1) is 16.8 Å². The second-order valence-electron chi connectivity index (χ2n) is 5.37. The Morgan fingerprint density at radius 2 is 1.60 bits per heavy atom. The number of rotatable bonds is 3. The molecule has 0 fully saturated rings. The normalized spacial score (nSPS) is 10.9. The molecule has 0 unspecified atom stereocenters. The Hall–Kier alpha value is -2.99. The van der Waals surface area contributed by atoms with E-state index in [4.69, 9.17) is 0 Å². The molecule has 5 nitrogen and oxygen atoms in total. The Kier molecular flexibility index (Phi) is 4.03. The van der Waals surface area contributed by atoms with Gasteiger partial charge in [-0.2, -0.15) is 0 Å². The van der Waals surface area contributed by atoms with Gasteiger partial charge < -0.3 is 0 Å². The number of hydrogen-bond acceptors (Lipinski definition) is 5. The van der Waals surface area contributed by atoms with E-state index in [1.54, 1.807) is 6.20 Å². The molecule has 25 heavy (non-hydrogen) atoms. The van der Waals surface area contributed by atoms with E-state index in [9.17, 15) is 4.79 Å². The van der Waals surface area contributed by atoms with E-state index in [0.717, 1.165) is 22.3 Å². The molecule has 0 aliphatic rings. The molecule has 0 bridgehead atoms. The number of fused-ring (bicyclic) bond motifs is 1. The lowest BCUT2D eigenvalue weighted by Crippen LogP contribution is -2.22. The first-order valence-corrected chi connectivity index (χ1v) is 8.95. The van der Waals surface area contributed by atoms with E-state index in [2.05, 4.69) is 15.0 Å². The van der Waals surface area contributed by atoms with Gasteiger partial charge >= 0.3 is 5.69 Å². The molecule has 2 aromatic carbocycles. The minimum Gasteiger partial charge on any atom is -0.245 e. The predicted molar refractivity (Wildman–Crippen MR) is 100 cm³/mol. The van der Waals surface area contributed by atoms with Gasteiger partial charge in [0.1, 0.15) is 0 Å². The van der Waals surface area contributed by atoms with E-state index in [0.29, 0.717) is 10.8 Å². The standard InChI is InChI=1S/C19H14N4OS/c1-25-18-21-16(13-8-4-2-5-9-13)15-12-20-19(24)23(17(15)22-18)14-10-6-3-7-11-14/h2-12H,1H3. The summed E-state index contributed by atoms with van der Waals surface area (Å²) in [5.74, 6) is 0. The van der Waals surface area contributed by atoms with Crippen molar-refractivity contribution in [1.29, 1.82) is 0 Å². The summed E-state index contributed by atoms with van der Waals surface area (Å²) in [6.07, 6.45) is 3.48. The molecule has 122 valence electrons. The second-order valence-corrected chi connectivity index (χ2v) is 6.15. The van der Waals surface area contributed by atoms with Crippen LogP contribution < -0.4 is 5.69 Å². The van der Waals surface area contributed by atoms with Crippen molar-refractivity contribution in [3.63, 3.8) is 0 Å². The van der Waals surface area contributed by atoms with E-state index in [1.807, 2.05) is 66.9 Å². The monoisotopic (exact) mass is 346 g/mol. The van der Waals surface area contributed by atoms with Crippen LogP contribution in [0.15, 0.2) is 76.8 Å². The number of benzene rings is 2. The smallest absolute Gasteiger partial charge is 0.245 e. The van der Waals surface area contributed by atoms with Gasteiger partial charge in [0.25, 0.3) is 0 Å². The third-order valence-electron chi connectivity index (χ3n) is 3.86. The summed E-state index contributed by atoms with van der Waals surface area (Å²) in [6, 6.07) is 19.3. The van der Waals surface area contributed by atoms with Crippen LogP contribution in [0.3, 0.4) is 0 Å². The van der Waals surface area contributed by atoms with Gasteiger partial charge in [0.2, 0.25) is 0 Å². The summed E-state index contributed by atoms with van der Waals surface area (Å²) < 4.78 is 1.53. The molecule has 0 amide bonds. The third-order valence-corrected chi connectivity index (χ3v) is 4.40. The summed E-state index contributed by atoms with van der Waals surface area (Å²) in [5, 5.41) is 1.36. The first-order chi connectivity index (χ1) is 12.3. The van der Waals surface area contributed by atoms with Crippen LogP contribution in [-0.2, 0) is 0 Å². The second kappa shape index (κ2) is 6.49. The highest BCUT2D eigenvalue weighted by atomic mass is 32.2. The summed E-state index contributed by atoms with van der Waals surface area (Å²) >= 11 is 1.44. The Bertz CT molecular complexity index is 1090. The van der Waals surface area contributed by atoms with Gasteiger partial charge in [-0.05, 0) is 18.4 Å². The third kappa shape index (κ3) is 2.81. The predicted octanol–water partition coefficient (Wildman–Crippen LogP) is 3.56. The molecule has 0 atom stereocenters. The SMILES string of the molecule is CSc1nc(-c2ccccc2)c2cnc(=O)n(-c3ccccc3)c2n1. The number of nitrogens with zero attached hydrogens (tertiary/aromatic N) is 4. The fourth-order valence-corrected chi connectivity index (χ4v) is 3.07. The zero-order chi connectivity index (χ0) is 17.2. The van der Waals surface area contributed by atoms with E-state index in [1.165, 1.54) is 16.3 Å². The summed E-state index contributed by atoms with van der Waals surface area (Å²) in [4.78, 5) is 25.8. The highest BCUT2D eigenvalue weighted by Crippen LogP contribution is 2.27. The fourth-order valence-electron chi connectivity index (χ4n) is 2.71. The van der Waals surface area contributed by atoms with Crippen LogP contribution in [0, 0.1) is 0 Å². The van der Waals surface area contributed by atoms with Crippen molar-refractivity contribution in [3.8, 4) is 16.9 Å². The molecule has 2 heterocycles. The molecule has 6 heteroatoms. The fraction of sp³-hybridized carbons (Fsp3) is 0.0526. The van der Waals surface area contributed by atoms with Gasteiger partial charge in [-0.3, -0.25) is 0 Å². The Labute approximate surface area is 148 Å². The molecule has 0 saturated carbocycles. The number of para-hydroxylation sites is 1. The molecule has 4 rings (SSSR count). The highest BCUT2D eigenvalue weighted by Gasteiger charge is 2.15. The van der Waals surface area contributed by atoms with Crippen molar-refractivity contribution < 1.29 is 0 Å². The van der Waals surface area contributed by atoms with E-state index in [-0.39, 0.29) is 5.69 Å². The first-order valence-electron chi connectivity index (χ1n) is 7.72. The maximum Gasteiger partial charge on any atom is 0.353 e. The van der Waals surface area contributed by atoms with Crippen LogP contribution in [0.5, 0.6) is 0 Å². The zero-order valence-electron chi connectivity index (χ0n) is 13.5. The van der Waals surface area contributed by atoms with Crippen LogP contribution in [0.2, 0.25) is 0 Å². The summed E-state index contributed by atoms with van der Waals surface area (Å²) in [5.41, 5.74) is 2.67. The minimum atomic E-state index is -0.358. The molecule has 0 radical (unpaired) electrons. The lowest BCUT2D eigenvalue weighted by Gasteiger charge is -2.12. The van der Waals surface area contributed by atoms with Gasteiger partial charge in [-0.25, -0.2) is 24.3 Å². The molecule has 2 aromatic heterocycles. The lowest BCUT2D eigenvalue weighted by molar-refractivity contribution is 0.901. The van der Waals surface area contributed by atoms with Crippen molar-refractivity contribution in [1.82, 2.24) is 19.5 Å². The van der Waals surface area contributed by atoms with Crippen molar-refractivity contribution in [2.45, 2.75) is 5.16 Å². The molecule has 0 aliphatic carbocycles. The Morgan fingerprint density at radius 1 is 0.920 bits per heavy atom. The van der Waals surface area contributed by atoms with Crippen molar-refractivity contribution in [2.75, 3.05) is 6.26 Å². The highest BCUT2D eigenvalue weighted by molar-refractivity contribution is 7.98. The van der Waals surface area contributed by atoms with E-state index < -0.39 is 0 Å². The molecule has 0 N–H and O–H groups in total. The number of thioether (sulfide) groups is 1. The molecule has 0 aliphatic heterocycles. The summed E-state index contributed by atoms with van der Waals surface area (Å²) in [7, 11) is 0. The van der Waals surface area contributed by atoms with Crippen molar-refractivity contribution >= 4 is 22.8 Å². The molecule has 4 aromatic rings. The van der Waals surface area contributed by atoms with Crippen LogP contribution in [-0.4, -0.2) is 25.8 Å². The van der Waals surface area contributed by atoms with Gasteiger partial charge in [0.15, 0.2) is 10.8 Å². The maximum atomic E-state index is 12.5. The van der Waals surface area contributed by atoms with Gasteiger partial charge in [0, 0.05) is 11.8 Å². The zero-order valence-corrected chi connectivity index (χ0v) is 14.3. The van der Waals surface area contributed by atoms with E-state index >= 15 is 0 Å². The van der Waals surface area contributed by atoms with Crippen LogP contribution >= 0.6 is 11.8 Å². The maximum absolute atomic E-state index is 12.5. The molecular formula is C19H14N4OS. The van der Waals surface area contributed by atoms with Crippen LogP contribution in [0.25, 0.3) is 28.0 Å². The lowest BCUT2D eigenvalue weighted by atomic mass is 10.1. The van der Waals surface area contributed by atoms with Crippen LogP contribution in [0.4, 0.5) is 0 Å². The minimum absolute atomic E-state index is 0.358. The Balaban J connectivity index is 2.12. The first kappa shape index (κ1) is 15.5. The van der Waals surface area contributed by atoms with Crippen molar-refractivity contribution in [2.24, 2.45) is 0 Å². The molecule has 0 spiro atoms. The van der Waals surface area contributed by atoms with Crippen LogP contribution in [0.1, 0.15) is 0 Å². The quantitative estimate of drug-likeness (QED) is 0.419. The average Bonchev–Trinajstić information content (AvgIpc) is 2.68. The number of hydrogen-bond donors (Lipinski definition) is 0. The largest absolute Gasteiger partial charge is 0.353 e. The van der Waals surface area contributed by atoms with Gasteiger partial charge in [-0.1, -0.05) is 60.3 Å². The topological polar surface area (TPSA) is 60.7 Å². The number of aromatic nitrogens is 4. The Morgan fingerprint density at radius 3 is 2.28 bits per heavy atom. The molecular weight excluding hydrogens is 332 g/mol.